The van der Waals surface area contributed by atoms with Crippen LogP contribution in [0.15, 0.2) is 23.1 Å². The van der Waals surface area contributed by atoms with Gasteiger partial charge in [0, 0.05) is 6.20 Å². The van der Waals surface area contributed by atoms with Crippen LogP contribution in [0.5, 0.6) is 0 Å². The number of fused-ring (bicyclic) bond motifs is 1. The average molecular weight is 146 g/mol. The molecule has 0 bridgehead atoms. The zero-order valence-corrected chi connectivity index (χ0v) is 5.53. The predicted molar refractivity (Wildman–Crippen MR) is 39.0 cm³/mol. The van der Waals surface area contributed by atoms with E-state index in [2.05, 4.69) is 21.3 Å². The highest BCUT2D eigenvalue weighted by atomic mass is 16.1. The smallest absolute Gasteiger partial charge is 0.282 e. The molecule has 0 aliphatic carbocycles. The topological polar surface area (TPSA) is 58.6 Å². The van der Waals surface area contributed by atoms with Crippen LogP contribution in [0.1, 0.15) is 0 Å². The van der Waals surface area contributed by atoms with Crippen molar-refractivity contribution in [3.63, 3.8) is 0 Å². The fraction of sp³-hybridized carbons (Fsp3) is 0. The van der Waals surface area contributed by atoms with Gasteiger partial charge in [0.05, 0.1) is 5.39 Å². The molecule has 53 valence electrons. The van der Waals surface area contributed by atoms with Gasteiger partial charge in [-0.2, -0.15) is 4.98 Å². The Labute approximate surface area is 61.9 Å². The minimum absolute atomic E-state index is 0.299. The number of H-pyrrole nitrogens is 1. The molecule has 0 aliphatic rings. The standard InChI is InChI=1S/C7H4N3O/c11-7-5-2-1-3-8-6(5)9-4-10-7/h1-3H,(H,8,9,10,11). The van der Waals surface area contributed by atoms with Crippen molar-refractivity contribution in [3.8, 4) is 0 Å². The van der Waals surface area contributed by atoms with Gasteiger partial charge in [-0.25, -0.2) is 4.98 Å². The number of rotatable bonds is 0. The molecular weight excluding hydrogens is 142 g/mol. The molecular formula is C7H4N3O. The Hall–Kier alpha value is -1.71. The van der Waals surface area contributed by atoms with Crippen LogP contribution in [0.25, 0.3) is 11.0 Å². The van der Waals surface area contributed by atoms with Crippen LogP contribution < -0.4 is 5.56 Å². The second-order valence-electron chi connectivity index (χ2n) is 2.05. The van der Waals surface area contributed by atoms with Crippen molar-refractivity contribution in [1.82, 2.24) is 15.0 Å². The lowest BCUT2D eigenvalue weighted by Crippen LogP contribution is -2.06. The number of pyridine rings is 1. The summed E-state index contributed by atoms with van der Waals surface area (Å²) in [5.74, 6) is 0. The van der Waals surface area contributed by atoms with Crippen molar-refractivity contribution in [3.05, 3.63) is 35.0 Å². The van der Waals surface area contributed by atoms with Gasteiger partial charge >= 0.3 is 0 Å². The summed E-state index contributed by atoms with van der Waals surface area (Å²) in [5, 5.41) is 0.492. The Balaban J connectivity index is 3.03. The third-order valence-corrected chi connectivity index (χ3v) is 1.37. The highest BCUT2D eigenvalue weighted by Gasteiger charge is 1.96. The summed E-state index contributed by atoms with van der Waals surface area (Å²) in [6.45, 7) is 0. The van der Waals surface area contributed by atoms with E-state index in [1.807, 2.05) is 0 Å². The molecule has 1 N–H and O–H groups in total. The highest BCUT2D eigenvalue weighted by Crippen LogP contribution is 1.97. The lowest BCUT2D eigenvalue weighted by atomic mass is 10.3. The second-order valence-corrected chi connectivity index (χ2v) is 2.05. The molecule has 1 radical (unpaired) electrons. The Morgan fingerprint density at radius 2 is 2.45 bits per heavy atom. The van der Waals surface area contributed by atoms with Crippen LogP contribution in [0.4, 0.5) is 0 Å². The molecule has 0 spiro atoms. The van der Waals surface area contributed by atoms with Gasteiger partial charge in [0.2, 0.25) is 0 Å². The SMILES string of the molecule is O=c1n[c][nH]c2ncccc12. The third-order valence-electron chi connectivity index (χ3n) is 1.37. The minimum atomic E-state index is -0.299. The van der Waals surface area contributed by atoms with Gasteiger partial charge in [-0.3, -0.25) is 4.79 Å². The first-order valence-electron chi connectivity index (χ1n) is 3.09. The van der Waals surface area contributed by atoms with Crippen LogP contribution in [0.2, 0.25) is 0 Å². The molecule has 2 aromatic heterocycles. The van der Waals surface area contributed by atoms with E-state index < -0.39 is 0 Å². The predicted octanol–water partition coefficient (Wildman–Crippen LogP) is 0.118. The van der Waals surface area contributed by atoms with Gasteiger partial charge in [-0.15, -0.1) is 0 Å². The summed E-state index contributed by atoms with van der Waals surface area (Å²) in [6, 6.07) is 3.36. The summed E-state index contributed by atoms with van der Waals surface area (Å²) in [7, 11) is 0. The van der Waals surface area contributed by atoms with Gasteiger partial charge < -0.3 is 4.98 Å². The van der Waals surface area contributed by atoms with Gasteiger partial charge in [-0.1, -0.05) is 0 Å². The average Bonchev–Trinajstić information content (AvgIpc) is 2.06. The van der Waals surface area contributed by atoms with E-state index >= 15 is 0 Å². The molecule has 0 fully saturated rings. The van der Waals surface area contributed by atoms with Gasteiger partial charge in [-0.05, 0) is 12.1 Å². The second kappa shape index (κ2) is 2.16. The van der Waals surface area contributed by atoms with Crippen molar-refractivity contribution in [2.24, 2.45) is 0 Å². The minimum Gasteiger partial charge on any atom is -0.321 e. The molecule has 2 rings (SSSR count). The summed E-state index contributed by atoms with van der Waals surface area (Å²) in [5.41, 5.74) is 0.222. The molecule has 0 aliphatic heterocycles. The summed E-state index contributed by atoms with van der Waals surface area (Å²) >= 11 is 0. The van der Waals surface area contributed by atoms with Crippen molar-refractivity contribution < 1.29 is 0 Å². The molecule has 0 unspecified atom stereocenters. The van der Waals surface area contributed by atoms with E-state index in [1.54, 1.807) is 18.3 Å². The molecule has 11 heavy (non-hydrogen) atoms. The van der Waals surface area contributed by atoms with Crippen LogP contribution in [-0.4, -0.2) is 15.0 Å². The van der Waals surface area contributed by atoms with Crippen molar-refractivity contribution in [1.29, 1.82) is 0 Å². The van der Waals surface area contributed by atoms with E-state index in [4.69, 9.17) is 0 Å². The van der Waals surface area contributed by atoms with Crippen LogP contribution in [-0.2, 0) is 0 Å². The van der Waals surface area contributed by atoms with E-state index in [9.17, 15) is 4.79 Å². The Morgan fingerprint density at radius 3 is 3.27 bits per heavy atom. The number of hydrogen-bond donors (Lipinski definition) is 1. The van der Waals surface area contributed by atoms with Crippen LogP contribution >= 0.6 is 0 Å². The van der Waals surface area contributed by atoms with Crippen molar-refractivity contribution >= 4 is 11.0 Å². The first-order chi connectivity index (χ1) is 5.38. The molecule has 0 aromatic carbocycles. The molecule has 4 nitrogen and oxygen atoms in total. The van der Waals surface area contributed by atoms with E-state index in [0.717, 1.165) is 0 Å². The molecule has 0 saturated heterocycles. The molecule has 0 amide bonds. The summed E-state index contributed by atoms with van der Waals surface area (Å²) in [4.78, 5) is 21.0. The van der Waals surface area contributed by atoms with E-state index in [0.29, 0.717) is 11.0 Å². The van der Waals surface area contributed by atoms with E-state index in [1.165, 1.54) is 0 Å². The quantitative estimate of drug-likeness (QED) is 0.574. The van der Waals surface area contributed by atoms with E-state index in [-0.39, 0.29) is 5.56 Å². The highest BCUT2D eigenvalue weighted by molar-refractivity contribution is 5.72. The number of nitrogens with zero attached hydrogens (tertiary/aromatic N) is 2. The van der Waals surface area contributed by atoms with Crippen LogP contribution in [0.3, 0.4) is 0 Å². The number of nitrogens with one attached hydrogen (secondary N) is 1. The zero-order valence-electron chi connectivity index (χ0n) is 5.53. The van der Waals surface area contributed by atoms with Crippen LogP contribution in [0, 0.1) is 6.33 Å². The van der Waals surface area contributed by atoms with Crippen molar-refractivity contribution in [2.75, 3.05) is 0 Å². The number of aromatic amines is 1. The first kappa shape index (κ1) is 6.03. The Morgan fingerprint density at radius 1 is 1.55 bits per heavy atom. The number of aromatic nitrogens is 3. The Kier molecular flexibility index (Phi) is 1.18. The fourth-order valence-electron chi connectivity index (χ4n) is 0.869. The summed E-state index contributed by atoms with van der Waals surface area (Å²) < 4.78 is 0. The lowest BCUT2D eigenvalue weighted by molar-refractivity contribution is 1.13. The molecule has 0 saturated carbocycles. The van der Waals surface area contributed by atoms with Gasteiger partial charge in [0.15, 0.2) is 6.33 Å². The monoisotopic (exact) mass is 146 g/mol. The maximum Gasteiger partial charge on any atom is 0.282 e. The normalized spacial score (nSPS) is 10.2. The number of hydrogen-bond acceptors (Lipinski definition) is 3. The third kappa shape index (κ3) is 0.881. The zero-order chi connectivity index (χ0) is 7.68. The Bertz CT molecular complexity index is 429. The fourth-order valence-corrected chi connectivity index (χ4v) is 0.869. The molecule has 2 aromatic rings. The maximum atomic E-state index is 11.0. The molecule has 0 atom stereocenters. The van der Waals surface area contributed by atoms with Gasteiger partial charge in [0.1, 0.15) is 5.65 Å². The maximum absolute atomic E-state index is 11.0. The molecule has 4 heteroatoms. The van der Waals surface area contributed by atoms with Crippen molar-refractivity contribution in [2.45, 2.75) is 0 Å². The lowest BCUT2D eigenvalue weighted by Gasteiger charge is -1.90. The molecule has 2 heterocycles. The first-order valence-corrected chi connectivity index (χ1v) is 3.09. The van der Waals surface area contributed by atoms with Gasteiger partial charge in [0.25, 0.3) is 5.56 Å². The summed E-state index contributed by atoms with van der Waals surface area (Å²) in [6.07, 6.45) is 3.96. The largest absolute Gasteiger partial charge is 0.321 e.